The highest BCUT2D eigenvalue weighted by Crippen LogP contribution is 2.63. The van der Waals surface area contributed by atoms with E-state index in [9.17, 15) is 0 Å². The molecule has 4 heteroatoms. The minimum Gasteiger partial charge on any atom is -0.334 e. The number of hydrogen-bond donors (Lipinski definition) is 0. The first kappa shape index (κ1) is 47.5. The molecule has 7 aromatic rings. The summed E-state index contributed by atoms with van der Waals surface area (Å²) in [7, 11) is 0. The lowest BCUT2D eigenvalue weighted by Crippen LogP contribution is -2.61. The summed E-state index contributed by atoms with van der Waals surface area (Å²) in [6.07, 6.45) is 9.25. The second-order valence-corrected chi connectivity index (χ2v) is 29.2. The van der Waals surface area contributed by atoms with E-state index in [1.54, 1.807) is 0 Å². The van der Waals surface area contributed by atoms with E-state index >= 15 is 0 Å². The smallest absolute Gasteiger partial charge is 0.252 e. The Kier molecular flexibility index (Phi) is 9.58. The molecule has 14 rings (SSSR count). The van der Waals surface area contributed by atoms with Gasteiger partial charge in [0.05, 0.1) is 11.2 Å². The summed E-state index contributed by atoms with van der Waals surface area (Å²) in [6, 6.07) is 50.1. The van der Waals surface area contributed by atoms with Crippen molar-refractivity contribution in [2.24, 2.45) is 10.8 Å². The van der Waals surface area contributed by atoms with Crippen molar-refractivity contribution in [2.45, 2.75) is 175 Å². The fraction of sp³-hybridized carbons (Fsp3) is 0.408. The molecule has 2 unspecified atom stereocenters. The molecule has 2 bridgehead atoms. The Bertz CT molecular complexity index is 3630. The van der Waals surface area contributed by atoms with Crippen molar-refractivity contribution >= 4 is 68.6 Å². The molecule has 0 N–H and O–H groups in total. The lowest BCUT2D eigenvalue weighted by Gasteiger charge is -2.51. The molecule has 3 aliphatic heterocycles. The summed E-state index contributed by atoms with van der Waals surface area (Å²) in [5.41, 5.74) is 30.7. The summed E-state index contributed by atoms with van der Waals surface area (Å²) in [4.78, 5) is 8.38. The fourth-order valence-electron chi connectivity index (χ4n) is 16.2. The molecule has 3 heterocycles. The van der Waals surface area contributed by atoms with Gasteiger partial charge in [-0.2, -0.15) is 0 Å². The molecule has 1 saturated carbocycles. The maximum Gasteiger partial charge on any atom is 0.252 e. The molecule has 7 aromatic carbocycles. The van der Waals surface area contributed by atoms with Crippen LogP contribution in [0.5, 0.6) is 0 Å². The Morgan fingerprint density at radius 2 is 1.05 bits per heavy atom. The van der Waals surface area contributed by atoms with Gasteiger partial charge in [-0.05, 0) is 194 Å². The van der Waals surface area contributed by atoms with E-state index in [-0.39, 0.29) is 44.7 Å². The van der Waals surface area contributed by atoms with Crippen LogP contribution in [-0.4, -0.2) is 12.3 Å². The summed E-state index contributed by atoms with van der Waals surface area (Å²) >= 11 is 0. The summed E-state index contributed by atoms with van der Waals surface area (Å²) < 4.78 is 0. The Balaban J connectivity index is 1.12. The Morgan fingerprint density at radius 1 is 0.440 bits per heavy atom. The van der Waals surface area contributed by atoms with Crippen molar-refractivity contribution in [3.63, 3.8) is 0 Å². The SMILES string of the molecule is CC1(C)Cc2ccc(N3c4cc5c(cc4B4c6ccc(C(C)(C)C)cc6N(c6ccc7cc6-c6ccccc6C7(C)C)c6cc(N7c8ccc(C(C)(C)C)cc8C8(C)CCCCC78C)cc3c64)CC(C)(C)C5)cc2C1. The van der Waals surface area contributed by atoms with Crippen LogP contribution in [0.4, 0.5) is 45.5 Å². The molecule has 0 spiro atoms. The molecule has 0 aromatic heterocycles. The van der Waals surface area contributed by atoms with Crippen molar-refractivity contribution in [2.75, 3.05) is 14.7 Å². The van der Waals surface area contributed by atoms with Gasteiger partial charge in [0, 0.05) is 56.2 Å². The van der Waals surface area contributed by atoms with Crippen molar-refractivity contribution in [1.29, 1.82) is 0 Å². The van der Waals surface area contributed by atoms with Gasteiger partial charge in [0.25, 0.3) is 6.71 Å². The molecule has 380 valence electrons. The van der Waals surface area contributed by atoms with Crippen molar-refractivity contribution in [3.05, 3.63) is 171 Å². The van der Waals surface area contributed by atoms with E-state index < -0.39 is 0 Å². The third-order valence-corrected chi connectivity index (χ3v) is 20.4. The van der Waals surface area contributed by atoms with Crippen LogP contribution in [0, 0.1) is 10.8 Å². The Morgan fingerprint density at radius 3 is 1.79 bits per heavy atom. The summed E-state index contributed by atoms with van der Waals surface area (Å²) in [5, 5.41) is 0. The van der Waals surface area contributed by atoms with E-state index in [1.165, 1.54) is 142 Å². The predicted octanol–water partition coefficient (Wildman–Crippen LogP) is 16.7. The van der Waals surface area contributed by atoms with Gasteiger partial charge in [-0.3, -0.25) is 0 Å². The molecule has 75 heavy (non-hydrogen) atoms. The Labute approximate surface area is 449 Å². The quantitative estimate of drug-likeness (QED) is 0.163. The highest BCUT2D eigenvalue weighted by molar-refractivity contribution is 7.00. The molecular weight excluding hydrogens is 906 g/mol. The van der Waals surface area contributed by atoms with Gasteiger partial charge in [-0.15, -0.1) is 0 Å². The standard InChI is InChI=1S/C71H78BN3/c1-65(2,3)47-23-28-59-55(35-47)70(13)29-17-18-30-71(70,14)75(59)51-37-62-64-63(38-51)74(58-27-24-49-34-53(58)52-19-15-16-20-54(52)69(49,11)12)61-36-48(66(4,5)6)22-26-56(61)72(64)57-32-45-41-68(9,10)42-46(45)33-60(57)73(62)50-25-21-43-39-67(7,8)40-44(43)31-50/h15-16,19-28,31-38H,17-18,29-30,39-42H2,1-14H3. The molecule has 0 radical (unpaired) electrons. The second kappa shape index (κ2) is 15.1. The first-order valence-electron chi connectivity index (χ1n) is 28.8. The van der Waals surface area contributed by atoms with Crippen molar-refractivity contribution in [3.8, 4) is 11.1 Å². The van der Waals surface area contributed by atoms with Crippen LogP contribution in [0.15, 0.2) is 121 Å². The van der Waals surface area contributed by atoms with E-state index in [4.69, 9.17) is 0 Å². The number of hydrogen-bond acceptors (Lipinski definition) is 3. The van der Waals surface area contributed by atoms with E-state index in [1.807, 2.05) is 0 Å². The molecule has 3 nitrogen and oxygen atoms in total. The zero-order valence-electron chi connectivity index (χ0n) is 47.6. The topological polar surface area (TPSA) is 9.72 Å². The lowest BCUT2D eigenvalue weighted by atomic mass is 9.33. The normalized spacial score (nSPS) is 22.7. The number of rotatable bonds is 3. The van der Waals surface area contributed by atoms with Crippen LogP contribution < -0.4 is 31.1 Å². The number of fused-ring (bicyclic) bond motifs is 13. The minimum absolute atomic E-state index is 0.0195. The molecule has 1 fully saturated rings. The molecular formula is C71H78BN3. The molecule has 2 atom stereocenters. The van der Waals surface area contributed by atoms with E-state index in [0.717, 1.165) is 32.1 Å². The second-order valence-electron chi connectivity index (χ2n) is 29.2. The summed E-state index contributed by atoms with van der Waals surface area (Å²) in [5.74, 6) is 0. The maximum atomic E-state index is 2.87. The predicted molar refractivity (Wildman–Crippen MR) is 321 cm³/mol. The average Bonchev–Trinajstić information content (AvgIpc) is 3.93. The zero-order chi connectivity index (χ0) is 52.3. The summed E-state index contributed by atoms with van der Waals surface area (Å²) in [6.45, 7) is 34.2. The van der Waals surface area contributed by atoms with Gasteiger partial charge in [-0.25, -0.2) is 0 Å². The first-order chi connectivity index (χ1) is 35.4. The van der Waals surface area contributed by atoms with E-state index in [0.29, 0.717) is 0 Å². The molecule has 0 amide bonds. The number of nitrogens with zero attached hydrogens (tertiary/aromatic N) is 3. The van der Waals surface area contributed by atoms with Crippen LogP contribution in [0.2, 0.25) is 0 Å². The monoisotopic (exact) mass is 984 g/mol. The molecule has 7 aliphatic rings. The van der Waals surface area contributed by atoms with Crippen LogP contribution in [0.1, 0.15) is 173 Å². The first-order valence-corrected chi connectivity index (χ1v) is 28.8. The lowest BCUT2D eigenvalue weighted by molar-refractivity contribution is 0.195. The molecule has 4 aliphatic carbocycles. The minimum atomic E-state index is -0.137. The van der Waals surface area contributed by atoms with Gasteiger partial charge in [0.15, 0.2) is 0 Å². The largest absolute Gasteiger partial charge is 0.334 e. The molecule has 0 saturated heterocycles. The zero-order valence-corrected chi connectivity index (χ0v) is 47.6. The van der Waals surface area contributed by atoms with Crippen molar-refractivity contribution < 1.29 is 0 Å². The van der Waals surface area contributed by atoms with Crippen LogP contribution in [0.3, 0.4) is 0 Å². The van der Waals surface area contributed by atoms with Crippen molar-refractivity contribution in [1.82, 2.24) is 0 Å². The highest BCUT2D eigenvalue weighted by Gasteiger charge is 2.58. The average molecular weight is 984 g/mol. The third kappa shape index (κ3) is 6.65. The van der Waals surface area contributed by atoms with E-state index in [2.05, 4.69) is 233 Å². The Hall–Kier alpha value is -6.00. The third-order valence-electron chi connectivity index (χ3n) is 20.4. The van der Waals surface area contributed by atoms with Crippen LogP contribution in [0.25, 0.3) is 11.1 Å². The van der Waals surface area contributed by atoms with Gasteiger partial charge in [0.2, 0.25) is 0 Å². The maximum absolute atomic E-state index is 2.87. The fourth-order valence-corrected chi connectivity index (χ4v) is 16.2. The number of anilines is 8. The van der Waals surface area contributed by atoms with Crippen LogP contribution >= 0.6 is 0 Å². The van der Waals surface area contributed by atoms with Gasteiger partial charge < -0.3 is 14.7 Å². The van der Waals surface area contributed by atoms with Crippen LogP contribution in [-0.2, 0) is 47.3 Å². The van der Waals surface area contributed by atoms with Gasteiger partial charge in [-0.1, -0.05) is 170 Å². The van der Waals surface area contributed by atoms with Gasteiger partial charge >= 0.3 is 0 Å². The highest BCUT2D eigenvalue weighted by atomic mass is 15.3. The van der Waals surface area contributed by atoms with Gasteiger partial charge in [0.1, 0.15) is 0 Å². The number of benzene rings is 7.